The highest BCUT2D eigenvalue weighted by Crippen LogP contribution is 2.38. The number of rotatable bonds is 5. The smallest absolute Gasteiger partial charge is 0.416 e. The molecule has 154 valence electrons. The first-order valence-corrected chi connectivity index (χ1v) is 8.74. The van der Waals surface area contributed by atoms with Gasteiger partial charge in [0, 0.05) is 25.4 Å². The lowest BCUT2D eigenvalue weighted by Crippen LogP contribution is -2.18. The third-order valence-electron chi connectivity index (χ3n) is 4.59. The highest BCUT2D eigenvalue weighted by molar-refractivity contribution is 5.89. The molecule has 2 aromatic rings. The van der Waals surface area contributed by atoms with Crippen molar-refractivity contribution in [3.8, 4) is 11.5 Å². The second-order valence-corrected chi connectivity index (χ2v) is 6.48. The van der Waals surface area contributed by atoms with Gasteiger partial charge in [0.1, 0.15) is 5.75 Å². The predicted octanol–water partition coefficient (Wildman–Crippen LogP) is 4.05. The van der Waals surface area contributed by atoms with Gasteiger partial charge in [0.05, 0.1) is 35.0 Å². The number of hydrogen-bond acceptors (Lipinski definition) is 6. The van der Waals surface area contributed by atoms with E-state index in [1.165, 1.54) is 13.2 Å². The Labute approximate surface area is 164 Å². The van der Waals surface area contributed by atoms with E-state index in [-0.39, 0.29) is 22.7 Å². The summed E-state index contributed by atoms with van der Waals surface area (Å²) in [5.74, 6) is -0.888. The van der Waals surface area contributed by atoms with E-state index in [0.717, 1.165) is 43.3 Å². The summed E-state index contributed by atoms with van der Waals surface area (Å²) >= 11 is 0. The highest BCUT2D eigenvalue weighted by atomic mass is 19.4. The topological polar surface area (TPSA) is 91.0 Å². The van der Waals surface area contributed by atoms with Crippen LogP contribution in [0.15, 0.2) is 35.3 Å². The number of anilines is 1. The van der Waals surface area contributed by atoms with Crippen LogP contribution in [0.1, 0.15) is 24.0 Å². The van der Waals surface area contributed by atoms with Gasteiger partial charge in [0.25, 0.3) is 5.69 Å². The number of non-ortho nitro benzene ring substituents is 1. The molecule has 0 spiro atoms. The zero-order valence-electron chi connectivity index (χ0n) is 15.4. The van der Waals surface area contributed by atoms with Gasteiger partial charge in [-0.2, -0.15) is 13.2 Å². The van der Waals surface area contributed by atoms with Crippen molar-refractivity contribution in [1.82, 2.24) is 0 Å². The van der Waals surface area contributed by atoms with Gasteiger partial charge >= 0.3 is 6.18 Å². The van der Waals surface area contributed by atoms with Gasteiger partial charge in [-0.05, 0) is 36.6 Å². The van der Waals surface area contributed by atoms with Crippen LogP contribution < -0.4 is 14.7 Å². The van der Waals surface area contributed by atoms with Crippen molar-refractivity contribution in [2.45, 2.75) is 19.0 Å². The molecule has 3 rings (SSSR count). The number of hydrogen-bond donors (Lipinski definition) is 0. The molecule has 0 amide bonds. The van der Waals surface area contributed by atoms with Crippen LogP contribution in [0, 0.1) is 10.1 Å². The molecular formula is C19H17F3N3O4-. The summed E-state index contributed by atoms with van der Waals surface area (Å²) in [5.41, 5.74) is -0.859. The number of halogens is 3. The summed E-state index contributed by atoms with van der Waals surface area (Å²) < 4.78 is 44.3. The molecule has 1 aliphatic rings. The van der Waals surface area contributed by atoms with Crippen molar-refractivity contribution in [1.29, 1.82) is 0 Å². The second-order valence-electron chi connectivity index (χ2n) is 6.48. The lowest BCUT2D eigenvalue weighted by molar-refractivity contribution is -0.385. The van der Waals surface area contributed by atoms with Crippen molar-refractivity contribution < 1.29 is 27.9 Å². The summed E-state index contributed by atoms with van der Waals surface area (Å²) in [7, 11) is 1.19. The van der Waals surface area contributed by atoms with Crippen molar-refractivity contribution in [3.63, 3.8) is 0 Å². The van der Waals surface area contributed by atoms with Crippen molar-refractivity contribution >= 4 is 23.3 Å². The Morgan fingerprint density at radius 3 is 2.48 bits per heavy atom. The average Bonchev–Trinajstić information content (AvgIpc) is 3.20. The fraction of sp³-hybridized carbons (Fsp3) is 0.316. The lowest BCUT2D eigenvalue weighted by atomic mass is 10.1. The zero-order chi connectivity index (χ0) is 21.2. The molecule has 1 heterocycles. The maximum atomic E-state index is 13.1. The fourth-order valence-corrected chi connectivity index (χ4v) is 3.13. The van der Waals surface area contributed by atoms with Crippen LogP contribution in [0.2, 0.25) is 0 Å². The number of benzene rings is 2. The van der Waals surface area contributed by atoms with E-state index in [1.807, 2.05) is 4.90 Å². The average molecular weight is 408 g/mol. The Bertz CT molecular complexity index is 954. The van der Waals surface area contributed by atoms with Crippen molar-refractivity contribution in [2.75, 3.05) is 25.1 Å². The lowest BCUT2D eigenvalue weighted by Gasteiger charge is -2.21. The molecule has 29 heavy (non-hydrogen) atoms. The van der Waals surface area contributed by atoms with E-state index in [4.69, 9.17) is 4.74 Å². The largest absolute Gasteiger partial charge is 0.870 e. The minimum absolute atomic E-state index is 0.0339. The molecule has 1 saturated heterocycles. The highest BCUT2D eigenvalue weighted by Gasteiger charge is 2.31. The van der Waals surface area contributed by atoms with Crippen LogP contribution in [0.3, 0.4) is 0 Å². The van der Waals surface area contributed by atoms with Crippen LogP contribution in [-0.4, -0.2) is 31.3 Å². The van der Waals surface area contributed by atoms with Gasteiger partial charge in [0.15, 0.2) is 0 Å². The van der Waals surface area contributed by atoms with Gasteiger partial charge < -0.3 is 14.7 Å². The van der Waals surface area contributed by atoms with Crippen LogP contribution in [0.5, 0.6) is 11.5 Å². The number of nitro groups is 1. The molecule has 0 atom stereocenters. The molecule has 0 saturated carbocycles. The molecular weight excluding hydrogens is 391 g/mol. The molecule has 2 aromatic carbocycles. The number of aliphatic imine (C=N–C) groups is 1. The minimum Gasteiger partial charge on any atom is -0.870 e. The molecule has 0 unspecified atom stereocenters. The molecule has 1 aliphatic heterocycles. The Hall–Kier alpha value is -3.30. The summed E-state index contributed by atoms with van der Waals surface area (Å²) in [6.07, 6.45) is -1.69. The summed E-state index contributed by atoms with van der Waals surface area (Å²) in [6, 6.07) is 5.25. The first-order valence-electron chi connectivity index (χ1n) is 8.74. The Balaban J connectivity index is 2.07. The maximum absolute atomic E-state index is 13.1. The maximum Gasteiger partial charge on any atom is 0.416 e. The Morgan fingerprint density at radius 1 is 1.21 bits per heavy atom. The van der Waals surface area contributed by atoms with E-state index in [1.54, 1.807) is 0 Å². The normalized spacial score (nSPS) is 14.6. The van der Waals surface area contributed by atoms with Crippen LogP contribution >= 0.6 is 0 Å². The molecule has 0 radical (unpaired) electrons. The third kappa shape index (κ3) is 4.41. The summed E-state index contributed by atoms with van der Waals surface area (Å²) in [5, 5.41) is 23.4. The number of alkyl halides is 3. The minimum atomic E-state index is -4.55. The molecule has 0 N–H and O–H groups in total. The van der Waals surface area contributed by atoms with Crippen LogP contribution in [0.25, 0.3) is 0 Å². The Morgan fingerprint density at radius 2 is 1.90 bits per heavy atom. The van der Waals surface area contributed by atoms with Crippen LogP contribution in [0.4, 0.5) is 30.2 Å². The van der Waals surface area contributed by atoms with Gasteiger partial charge in [-0.15, -0.1) is 0 Å². The van der Waals surface area contributed by atoms with E-state index in [0.29, 0.717) is 18.8 Å². The zero-order valence-corrected chi connectivity index (χ0v) is 15.4. The quantitative estimate of drug-likeness (QED) is 0.423. The van der Waals surface area contributed by atoms with Crippen molar-refractivity contribution in [2.24, 2.45) is 4.99 Å². The van der Waals surface area contributed by atoms with E-state index in [2.05, 4.69) is 4.99 Å². The van der Waals surface area contributed by atoms with E-state index < -0.39 is 22.4 Å². The standard InChI is InChI=1S/C19H18F3N3O4/c1-29-17-10-14(25(27)28)8-12(18(17)26)11-23-15-9-13(19(20,21)22)4-5-16(15)24-6-2-3-7-24/h4-5,8-11,26H,2-3,6-7H2,1H3/p-1. The third-order valence-corrected chi connectivity index (χ3v) is 4.59. The molecule has 0 aromatic heterocycles. The molecule has 1 fully saturated rings. The van der Waals surface area contributed by atoms with Gasteiger partial charge in [0.2, 0.25) is 0 Å². The monoisotopic (exact) mass is 408 g/mol. The van der Waals surface area contributed by atoms with E-state index in [9.17, 15) is 28.4 Å². The first kappa shape index (κ1) is 20.4. The van der Waals surface area contributed by atoms with E-state index >= 15 is 0 Å². The Kier molecular flexibility index (Phi) is 5.62. The second kappa shape index (κ2) is 7.98. The number of nitro benzene ring substituents is 1. The number of nitrogens with zero attached hydrogens (tertiary/aromatic N) is 3. The molecule has 0 bridgehead atoms. The first-order chi connectivity index (χ1) is 13.7. The van der Waals surface area contributed by atoms with Gasteiger partial charge in [-0.3, -0.25) is 15.1 Å². The van der Waals surface area contributed by atoms with Gasteiger partial charge in [-0.25, -0.2) is 0 Å². The van der Waals surface area contributed by atoms with Gasteiger partial charge in [-0.1, -0.05) is 5.75 Å². The molecule has 7 nitrogen and oxygen atoms in total. The van der Waals surface area contributed by atoms with Crippen LogP contribution in [-0.2, 0) is 6.18 Å². The summed E-state index contributed by atoms with van der Waals surface area (Å²) in [6.45, 7) is 1.37. The molecule has 0 aliphatic carbocycles. The number of methoxy groups -OCH3 is 1. The predicted molar refractivity (Wildman–Crippen MR) is 99.2 cm³/mol. The summed E-state index contributed by atoms with van der Waals surface area (Å²) in [4.78, 5) is 16.4. The number of ether oxygens (including phenoxy) is 1. The van der Waals surface area contributed by atoms with Crippen molar-refractivity contribution in [3.05, 3.63) is 51.6 Å². The fourth-order valence-electron chi connectivity index (χ4n) is 3.13. The SMILES string of the molecule is COc1cc([N+](=O)[O-])cc(C=Nc2cc(C(F)(F)F)ccc2N2CCCC2)c1[O-]. The molecule has 10 heteroatoms.